The van der Waals surface area contributed by atoms with Crippen LogP contribution in [-0.2, 0) is 9.53 Å². The number of carbonyl (C=O) groups excluding carboxylic acids is 2. The lowest BCUT2D eigenvalue weighted by Gasteiger charge is -2.43. The van der Waals surface area contributed by atoms with Crippen LogP contribution < -0.4 is 0 Å². The Morgan fingerprint density at radius 3 is 2.37 bits per heavy atom. The first-order valence-electron chi connectivity index (χ1n) is 9.57. The van der Waals surface area contributed by atoms with E-state index in [0.717, 1.165) is 18.2 Å². The van der Waals surface area contributed by atoms with Gasteiger partial charge in [-0.05, 0) is 58.7 Å². The number of alkyl halides is 3. The molecule has 1 heterocycles. The molecule has 1 saturated heterocycles. The molecule has 168 valence electrons. The average Bonchev–Trinajstić information content (AvgIpc) is 2.62. The lowest BCUT2D eigenvalue weighted by Crippen LogP contribution is -2.53. The van der Waals surface area contributed by atoms with Crippen LogP contribution in [0, 0.1) is 11.6 Å². The van der Waals surface area contributed by atoms with Gasteiger partial charge in [-0.15, -0.1) is 0 Å². The molecule has 1 unspecified atom stereocenters. The Bertz CT molecular complexity index is 792. The van der Waals surface area contributed by atoms with Crippen molar-refractivity contribution in [3.63, 3.8) is 0 Å². The summed E-state index contributed by atoms with van der Waals surface area (Å²) in [6.45, 7) is 6.01. The fraction of sp³-hybridized carbons (Fsp3) is 0.600. The zero-order valence-electron chi connectivity index (χ0n) is 17.2. The van der Waals surface area contributed by atoms with E-state index < -0.39 is 47.5 Å². The predicted molar refractivity (Wildman–Crippen MR) is 98.5 cm³/mol. The number of ether oxygens (including phenoxy) is 1. The van der Waals surface area contributed by atoms with Crippen LogP contribution >= 0.6 is 0 Å². The Hall–Kier alpha value is -2.39. The Labute approximate surface area is 171 Å². The highest BCUT2D eigenvalue weighted by atomic mass is 19.4. The summed E-state index contributed by atoms with van der Waals surface area (Å²) >= 11 is 0. The minimum absolute atomic E-state index is 0.0440. The molecular weight excluding hydrogens is 411 g/mol. The summed E-state index contributed by atoms with van der Waals surface area (Å²) < 4.78 is 72.6. The number of halogens is 5. The second-order valence-corrected chi connectivity index (χ2v) is 8.12. The first-order chi connectivity index (χ1) is 13.7. The molecule has 1 aromatic rings. The van der Waals surface area contributed by atoms with Crippen molar-refractivity contribution in [1.82, 2.24) is 9.80 Å². The molecule has 0 bridgehead atoms. The maximum atomic E-state index is 14.5. The number of amides is 2. The molecule has 10 heteroatoms. The Balaban J connectivity index is 2.41. The van der Waals surface area contributed by atoms with Crippen molar-refractivity contribution in [2.24, 2.45) is 0 Å². The Kier molecular flexibility index (Phi) is 6.98. The van der Waals surface area contributed by atoms with Gasteiger partial charge in [0.25, 0.3) is 0 Å². The normalized spacial score (nSPS) is 20.1. The standard InChI is InChI=1S/C20H25F5N2O3/c1-5-26(17(28)20(23,24)25)13-8-9-27(18(29)30-19(2,3)4)16(11-13)14-10-12(21)6-7-15(14)22/h6-7,10,13,16H,5,8-9,11H2,1-4H3/t13?,16-/m0/s1. The van der Waals surface area contributed by atoms with Gasteiger partial charge in [-0.2, -0.15) is 13.2 Å². The van der Waals surface area contributed by atoms with Crippen molar-refractivity contribution in [2.45, 2.75) is 64.4 Å². The van der Waals surface area contributed by atoms with Crippen LogP contribution in [0.15, 0.2) is 18.2 Å². The molecule has 0 radical (unpaired) electrons. The molecule has 1 fully saturated rings. The summed E-state index contributed by atoms with van der Waals surface area (Å²) in [6.07, 6.45) is -5.99. The molecule has 0 aliphatic carbocycles. The number of rotatable bonds is 3. The number of piperidine rings is 1. The van der Waals surface area contributed by atoms with E-state index in [2.05, 4.69) is 0 Å². The summed E-state index contributed by atoms with van der Waals surface area (Å²) in [6, 6.07) is 0.698. The van der Waals surface area contributed by atoms with Gasteiger partial charge in [0.1, 0.15) is 17.2 Å². The highest BCUT2D eigenvalue weighted by molar-refractivity contribution is 5.82. The summed E-state index contributed by atoms with van der Waals surface area (Å²) in [4.78, 5) is 26.3. The van der Waals surface area contributed by atoms with E-state index >= 15 is 0 Å². The lowest BCUT2D eigenvalue weighted by molar-refractivity contribution is -0.188. The van der Waals surface area contributed by atoms with Crippen molar-refractivity contribution in [1.29, 1.82) is 0 Å². The third-order valence-corrected chi connectivity index (χ3v) is 4.80. The quantitative estimate of drug-likeness (QED) is 0.639. The number of carbonyl (C=O) groups is 2. The van der Waals surface area contributed by atoms with Gasteiger partial charge in [0, 0.05) is 24.7 Å². The zero-order valence-corrected chi connectivity index (χ0v) is 17.2. The van der Waals surface area contributed by atoms with Crippen molar-refractivity contribution in [3.8, 4) is 0 Å². The maximum absolute atomic E-state index is 14.5. The van der Waals surface area contributed by atoms with Crippen molar-refractivity contribution >= 4 is 12.0 Å². The van der Waals surface area contributed by atoms with E-state index in [1.165, 1.54) is 11.8 Å². The molecule has 0 saturated carbocycles. The van der Waals surface area contributed by atoms with E-state index in [9.17, 15) is 31.5 Å². The van der Waals surface area contributed by atoms with E-state index in [1.54, 1.807) is 20.8 Å². The molecule has 1 aromatic carbocycles. The lowest BCUT2D eigenvalue weighted by atomic mass is 9.90. The summed E-state index contributed by atoms with van der Waals surface area (Å²) in [5.74, 6) is -3.56. The van der Waals surface area contributed by atoms with E-state index in [-0.39, 0.29) is 31.5 Å². The van der Waals surface area contributed by atoms with Crippen LogP contribution in [0.1, 0.15) is 52.1 Å². The summed E-state index contributed by atoms with van der Waals surface area (Å²) in [7, 11) is 0. The average molecular weight is 436 g/mol. The molecule has 0 spiro atoms. The first kappa shape index (κ1) is 23.9. The maximum Gasteiger partial charge on any atom is 0.471 e. The fourth-order valence-corrected chi connectivity index (χ4v) is 3.56. The monoisotopic (exact) mass is 436 g/mol. The molecule has 5 nitrogen and oxygen atoms in total. The van der Waals surface area contributed by atoms with Gasteiger partial charge >= 0.3 is 18.2 Å². The van der Waals surface area contributed by atoms with Gasteiger partial charge in [0.2, 0.25) is 0 Å². The van der Waals surface area contributed by atoms with Gasteiger partial charge in [-0.25, -0.2) is 13.6 Å². The van der Waals surface area contributed by atoms with E-state index in [4.69, 9.17) is 4.74 Å². The Morgan fingerprint density at radius 1 is 1.20 bits per heavy atom. The molecule has 30 heavy (non-hydrogen) atoms. The fourth-order valence-electron chi connectivity index (χ4n) is 3.56. The minimum Gasteiger partial charge on any atom is -0.444 e. The van der Waals surface area contributed by atoms with Crippen LogP contribution in [0.4, 0.5) is 26.7 Å². The molecule has 2 rings (SSSR count). The van der Waals surface area contributed by atoms with Gasteiger partial charge in [0.05, 0.1) is 6.04 Å². The highest BCUT2D eigenvalue weighted by Gasteiger charge is 2.46. The number of nitrogens with zero attached hydrogens (tertiary/aromatic N) is 2. The predicted octanol–water partition coefficient (Wildman–Crippen LogP) is 4.82. The third-order valence-electron chi connectivity index (χ3n) is 4.80. The Morgan fingerprint density at radius 2 is 1.83 bits per heavy atom. The van der Waals surface area contributed by atoms with Crippen molar-refractivity contribution in [2.75, 3.05) is 13.1 Å². The van der Waals surface area contributed by atoms with Crippen LogP contribution in [0.5, 0.6) is 0 Å². The molecule has 2 amide bonds. The zero-order chi connectivity index (χ0) is 22.9. The van der Waals surface area contributed by atoms with Crippen molar-refractivity contribution in [3.05, 3.63) is 35.4 Å². The molecular formula is C20H25F5N2O3. The van der Waals surface area contributed by atoms with Crippen LogP contribution in [-0.4, -0.2) is 52.7 Å². The van der Waals surface area contributed by atoms with Gasteiger partial charge in [-0.3, -0.25) is 4.79 Å². The third kappa shape index (κ3) is 5.60. The number of likely N-dealkylation sites (tertiary alicyclic amines) is 1. The minimum atomic E-state index is -5.06. The van der Waals surface area contributed by atoms with E-state index in [0.29, 0.717) is 4.90 Å². The number of benzene rings is 1. The first-order valence-corrected chi connectivity index (χ1v) is 9.57. The van der Waals surface area contributed by atoms with Crippen molar-refractivity contribution < 1.29 is 36.3 Å². The van der Waals surface area contributed by atoms with E-state index in [1.807, 2.05) is 0 Å². The highest BCUT2D eigenvalue weighted by Crippen LogP contribution is 2.37. The summed E-state index contributed by atoms with van der Waals surface area (Å²) in [5, 5.41) is 0. The molecule has 2 atom stereocenters. The van der Waals surface area contributed by atoms with Gasteiger partial charge in [-0.1, -0.05) is 0 Å². The second kappa shape index (κ2) is 8.77. The largest absolute Gasteiger partial charge is 0.471 e. The van der Waals surface area contributed by atoms with Gasteiger partial charge < -0.3 is 14.5 Å². The number of hydrogen-bond acceptors (Lipinski definition) is 3. The molecule has 1 aliphatic rings. The summed E-state index contributed by atoms with van der Waals surface area (Å²) in [5.41, 5.74) is -1.04. The van der Waals surface area contributed by atoms with Crippen LogP contribution in [0.2, 0.25) is 0 Å². The number of hydrogen-bond donors (Lipinski definition) is 0. The molecule has 0 N–H and O–H groups in total. The topological polar surface area (TPSA) is 49.9 Å². The SMILES string of the molecule is CCN(C(=O)C(F)(F)F)C1CCN(C(=O)OC(C)(C)C)[C@H](c2cc(F)ccc2F)C1. The molecule has 0 aromatic heterocycles. The van der Waals surface area contributed by atoms with Gasteiger partial charge in [0.15, 0.2) is 0 Å². The van der Waals surface area contributed by atoms with Crippen LogP contribution in [0.25, 0.3) is 0 Å². The molecule has 1 aliphatic heterocycles. The second-order valence-electron chi connectivity index (χ2n) is 8.12. The smallest absolute Gasteiger partial charge is 0.444 e. The van der Waals surface area contributed by atoms with Crippen LogP contribution in [0.3, 0.4) is 0 Å².